The van der Waals surface area contributed by atoms with E-state index in [0.29, 0.717) is 6.42 Å². The van der Waals surface area contributed by atoms with Crippen LogP contribution >= 0.6 is 0 Å². The van der Waals surface area contributed by atoms with Crippen LogP contribution in [0.1, 0.15) is 138 Å². The minimum atomic E-state index is 0.255. The van der Waals surface area contributed by atoms with Gasteiger partial charge in [-0.25, -0.2) is 4.98 Å². The number of rotatable bonds is 7. The monoisotopic (exact) mass is 526 g/mol. The van der Waals surface area contributed by atoms with Gasteiger partial charge in [0, 0.05) is 12.0 Å². The fourth-order valence-corrected chi connectivity index (χ4v) is 2.78. The van der Waals surface area contributed by atoms with E-state index in [4.69, 9.17) is 0 Å². The van der Waals surface area contributed by atoms with Gasteiger partial charge in [0.15, 0.2) is 0 Å². The van der Waals surface area contributed by atoms with Gasteiger partial charge in [0.1, 0.15) is 11.6 Å². The summed E-state index contributed by atoms with van der Waals surface area (Å²) in [5.74, 6) is 1.21. The van der Waals surface area contributed by atoms with Crippen LogP contribution in [0.15, 0.2) is 42.5 Å². The molecule has 0 unspecified atom stereocenters. The summed E-state index contributed by atoms with van der Waals surface area (Å²) in [4.78, 5) is 17.8. The van der Waals surface area contributed by atoms with E-state index < -0.39 is 0 Å². The molecular weight excluding hydrogens is 464 g/mol. The number of ketones is 1. The third-order valence-corrected chi connectivity index (χ3v) is 5.45. The summed E-state index contributed by atoms with van der Waals surface area (Å²) in [6, 6.07) is 14.5. The van der Waals surface area contributed by atoms with Crippen LogP contribution in [0.2, 0.25) is 0 Å². The second-order valence-electron chi connectivity index (χ2n) is 9.18. The number of carbonyl (C=O) groups is 1. The highest BCUT2D eigenvalue weighted by Gasteiger charge is 2.07. The second-order valence-corrected chi connectivity index (χ2v) is 9.18. The first-order chi connectivity index (χ1) is 18.2. The molecule has 0 atom stereocenters. The van der Waals surface area contributed by atoms with Crippen LogP contribution in [0.3, 0.4) is 0 Å². The van der Waals surface area contributed by atoms with Gasteiger partial charge < -0.3 is 9.78 Å². The number of imidazole rings is 1. The van der Waals surface area contributed by atoms with Crippen LogP contribution in [0.4, 0.5) is 0 Å². The predicted molar refractivity (Wildman–Crippen MR) is 174 cm³/mol. The fourth-order valence-electron chi connectivity index (χ4n) is 2.78. The summed E-state index contributed by atoms with van der Waals surface area (Å²) in [7, 11) is 0. The highest BCUT2D eigenvalue weighted by Crippen LogP contribution is 2.24. The molecule has 3 heteroatoms. The summed E-state index contributed by atoms with van der Waals surface area (Å²) < 4.78 is 0. The number of fused-ring (bicyclic) bond motifs is 1. The van der Waals surface area contributed by atoms with E-state index in [2.05, 4.69) is 89.6 Å². The molecule has 0 fully saturated rings. The lowest BCUT2D eigenvalue weighted by molar-refractivity contribution is -0.116. The van der Waals surface area contributed by atoms with E-state index in [1.165, 1.54) is 68.1 Å². The number of hydrogen-bond donors (Lipinski definition) is 1. The maximum Gasteiger partial charge on any atom is 0.138 e. The lowest BCUT2D eigenvalue weighted by atomic mass is 10.1. The minimum absolute atomic E-state index is 0.255. The molecule has 3 rings (SSSR count). The molecule has 3 nitrogen and oxygen atoms in total. The van der Waals surface area contributed by atoms with Crippen LogP contribution in [0.5, 0.6) is 0 Å². The van der Waals surface area contributed by atoms with E-state index in [9.17, 15) is 4.79 Å². The molecule has 0 amide bonds. The third kappa shape index (κ3) is 21.6. The number of carbonyl (C=O) groups excluding carboxylic acids is 1. The molecule has 0 aliphatic heterocycles. The van der Waals surface area contributed by atoms with Crippen molar-refractivity contribution in [2.24, 2.45) is 0 Å². The summed E-state index contributed by atoms with van der Waals surface area (Å²) in [5.41, 5.74) is 5.79. The van der Waals surface area contributed by atoms with Gasteiger partial charge in [-0.3, -0.25) is 0 Å². The molecular formula is C35H62N2O. The molecule has 0 radical (unpaired) electrons. The Bertz CT molecular complexity index is 866. The summed E-state index contributed by atoms with van der Waals surface area (Å²) in [6.07, 6.45) is 11.5. The van der Waals surface area contributed by atoms with E-state index >= 15 is 0 Å². The molecule has 0 saturated heterocycles. The van der Waals surface area contributed by atoms with Crippen molar-refractivity contribution in [3.63, 3.8) is 0 Å². The second kappa shape index (κ2) is 29.1. The largest absolute Gasteiger partial charge is 0.338 e. The Labute approximate surface area is 237 Å². The topological polar surface area (TPSA) is 45.8 Å². The molecule has 218 valence electrons. The first-order valence-electron chi connectivity index (χ1n) is 15.3. The Kier molecular flexibility index (Phi) is 30.7. The number of aromatic nitrogens is 2. The van der Waals surface area contributed by atoms with Crippen molar-refractivity contribution >= 4 is 16.8 Å². The van der Waals surface area contributed by atoms with Crippen molar-refractivity contribution in [3.8, 4) is 11.4 Å². The minimum Gasteiger partial charge on any atom is -0.338 e. The Morgan fingerprint density at radius 2 is 1.21 bits per heavy atom. The maximum absolute atomic E-state index is 9.81. The van der Waals surface area contributed by atoms with Gasteiger partial charge in [-0.05, 0) is 44.5 Å². The van der Waals surface area contributed by atoms with Crippen LogP contribution in [-0.2, 0) is 4.79 Å². The molecule has 3 aromatic rings. The number of para-hydroxylation sites is 2. The van der Waals surface area contributed by atoms with Crippen LogP contribution in [-0.4, -0.2) is 15.8 Å². The first-order valence-corrected chi connectivity index (χ1v) is 15.3. The maximum atomic E-state index is 9.81. The smallest absolute Gasteiger partial charge is 0.138 e. The first kappa shape index (κ1) is 40.1. The van der Waals surface area contributed by atoms with Gasteiger partial charge in [0.25, 0.3) is 0 Å². The van der Waals surface area contributed by atoms with Crippen molar-refractivity contribution in [1.29, 1.82) is 0 Å². The van der Waals surface area contributed by atoms with Crippen LogP contribution in [0.25, 0.3) is 22.4 Å². The number of nitrogens with zero attached hydrogens (tertiary/aromatic N) is 1. The number of aromatic amines is 1. The van der Waals surface area contributed by atoms with E-state index in [1.54, 1.807) is 6.92 Å². The Balaban J connectivity index is -0.000000485. The third-order valence-electron chi connectivity index (χ3n) is 5.45. The van der Waals surface area contributed by atoms with Crippen molar-refractivity contribution in [2.45, 2.75) is 141 Å². The molecule has 0 aliphatic carbocycles. The highest BCUT2D eigenvalue weighted by molar-refractivity contribution is 5.80. The van der Waals surface area contributed by atoms with Crippen molar-refractivity contribution in [1.82, 2.24) is 9.97 Å². The van der Waals surface area contributed by atoms with E-state index in [0.717, 1.165) is 16.9 Å². The van der Waals surface area contributed by atoms with Crippen molar-refractivity contribution in [3.05, 3.63) is 53.6 Å². The van der Waals surface area contributed by atoms with Crippen LogP contribution in [0, 0.1) is 13.8 Å². The molecule has 1 aromatic heterocycles. The molecule has 1 heterocycles. The standard InChI is InChI=1S/C15H14N2.2C5H12.C4H8O.C4H10.C2H6/c1-10-7-8-11(2)12(9-10)15-16-13-5-3-4-6-14(13)17-15;2*1-3-5-4-2;1-3-4(2)5;1-3-4-2;1-2/h3-9H,1-2H3,(H,16,17);2*3-5H2,1-2H3;3H2,1-2H3;3-4H2,1-2H3;1-2H3. The number of benzene rings is 2. The molecule has 0 spiro atoms. The SMILES string of the molecule is CC.CCC(C)=O.CCCC.CCCCC.CCCCC.Cc1ccc(C)c(-c2nc3ccccc3[nH]2)c1. The Morgan fingerprint density at radius 3 is 1.58 bits per heavy atom. The zero-order chi connectivity index (χ0) is 29.8. The summed E-state index contributed by atoms with van der Waals surface area (Å²) >= 11 is 0. The van der Waals surface area contributed by atoms with Gasteiger partial charge in [-0.2, -0.15) is 0 Å². The van der Waals surface area contributed by atoms with E-state index in [1.807, 2.05) is 39.0 Å². The molecule has 1 N–H and O–H groups in total. The number of unbranched alkanes of at least 4 members (excludes halogenated alkanes) is 5. The van der Waals surface area contributed by atoms with Gasteiger partial charge in [-0.15, -0.1) is 0 Å². The molecule has 38 heavy (non-hydrogen) atoms. The van der Waals surface area contributed by atoms with Crippen LogP contribution < -0.4 is 0 Å². The molecule has 0 saturated carbocycles. The number of nitrogens with one attached hydrogen (secondary N) is 1. The molecule has 0 bridgehead atoms. The molecule has 2 aromatic carbocycles. The Morgan fingerprint density at radius 1 is 0.737 bits per heavy atom. The number of Topliss-reactive ketones (excluding diaryl/α,β-unsaturated/α-hetero) is 1. The summed E-state index contributed by atoms with van der Waals surface area (Å²) in [5, 5.41) is 0. The van der Waals surface area contributed by atoms with Gasteiger partial charge >= 0.3 is 0 Å². The van der Waals surface area contributed by atoms with Crippen molar-refractivity contribution < 1.29 is 4.79 Å². The number of H-pyrrole nitrogens is 1. The number of aryl methyl sites for hydroxylation is 2. The molecule has 0 aliphatic rings. The average molecular weight is 527 g/mol. The average Bonchev–Trinajstić information content (AvgIpc) is 3.37. The lowest BCUT2D eigenvalue weighted by Crippen LogP contribution is -1.86. The fraction of sp³-hybridized carbons (Fsp3) is 0.600. The highest BCUT2D eigenvalue weighted by atomic mass is 16.1. The van der Waals surface area contributed by atoms with Gasteiger partial charge in [0.05, 0.1) is 11.0 Å². The van der Waals surface area contributed by atoms with Gasteiger partial charge in [0.2, 0.25) is 0 Å². The summed E-state index contributed by atoms with van der Waals surface area (Å²) in [6.45, 7) is 24.9. The van der Waals surface area contributed by atoms with E-state index in [-0.39, 0.29) is 5.78 Å². The predicted octanol–water partition coefficient (Wildman–Crippen LogP) is 12.1. The lowest BCUT2D eigenvalue weighted by Gasteiger charge is -2.03. The van der Waals surface area contributed by atoms with Crippen molar-refractivity contribution in [2.75, 3.05) is 0 Å². The quantitative estimate of drug-likeness (QED) is 0.333. The zero-order valence-electron chi connectivity index (χ0n) is 27.3. The van der Waals surface area contributed by atoms with Gasteiger partial charge in [-0.1, -0.05) is 144 Å². The normalized spacial score (nSPS) is 9.05. The number of hydrogen-bond acceptors (Lipinski definition) is 2. The zero-order valence-corrected chi connectivity index (χ0v) is 27.3. The Hall–Kier alpha value is -2.42.